The smallest absolute Gasteiger partial charge is 0.326 e. The number of esters is 2. The number of benzene rings is 2. The Labute approximate surface area is 358 Å². The van der Waals surface area contributed by atoms with Crippen LogP contribution in [0.3, 0.4) is 0 Å². The first kappa shape index (κ1) is 49.5. The minimum Gasteiger partial charge on any atom is -0.480 e. The Morgan fingerprint density at radius 2 is 1.35 bits per heavy atom. The molecule has 1 heterocycles. The fourth-order valence-electron chi connectivity index (χ4n) is 5.66. The van der Waals surface area contributed by atoms with Crippen molar-refractivity contribution in [2.75, 3.05) is 26.3 Å². The van der Waals surface area contributed by atoms with Crippen LogP contribution in [0.15, 0.2) is 71.9 Å². The number of guanidine groups is 1. The first-order valence-corrected chi connectivity index (χ1v) is 20.1. The number of amides is 4. The van der Waals surface area contributed by atoms with Gasteiger partial charge in [-0.1, -0.05) is 65.9 Å². The maximum atomic E-state index is 13.4. The van der Waals surface area contributed by atoms with E-state index in [1.54, 1.807) is 54.7 Å². The summed E-state index contributed by atoms with van der Waals surface area (Å²) in [6.45, 7) is 2.10. The van der Waals surface area contributed by atoms with E-state index in [4.69, 9.17) is 25.7 Å². The van der Waals surface area contributed by atoms with Crippen molar-refractivity contribution < 1.29 is 52.9 Å². The number of hydrogen-bond donors (Lipinski definition) is 7. The van der Waals surface area contributed by atoms with Gasteiger partial charge in [-0.3, -0.25) is 33.8 Å². The molecule has 0 radical (unpaired) electrons. The van der Waals surface area contributed by atoms with Gasteiger partial charge in [0.2, 0.25) is 23.6 Å². The topological polar surface area (TPSA) is 311 Å². The molecule has 0 bridgehead atoms. The van der Waals surface area contributed by atoms with Crippen molar-refractivity contribution in [2.45, 2.75) is 96.2 Å². The Morgan fingerprint density at radius 3 is 1.92 bits per heavy atom. The molecule has 1 unspecified atom stereocenters. The number of carbonyl (C=O) groups excluding carboxylic acids is 6. The third-order valence-corrected chi connectivity index (χ3v) is 8.87. The third-order valence-electron chi connectivity index (χ3n) is 8.87. The lowest BCUT2D eigenvalue weighted by Crippen LogP contribution is -2.54. The van der Waals surface area contributed by atoms with Crippen molar-refractivity contribution in [3.63, 3.8) is 0 Å². The summed E-state index contributed by atoms with van der Waals surface area (Å²) in [5.41, 5.74) is 12.6. The quantitative estimate of drug-likeness (QED) is 0.0209. The molecule has 4 amide bonds. The van der Waals surface area contributed by atoms with Crippen molar-refractivity contribution in [3.8, 4) is 0 Å². The maximum absolute atomic E-state index is 13.4. The fraction of sp³-hybridized carbons (Fsp3) is 0.463. The molecule has 0 aliphatic heterocycles. The molecule has 0 saturated carbocycles. The van der Waals surface area contributed by atoms with Crippen molar-refractivity contribution in [3.05, 3.63) is 83.7 Å². The van der Waals surface area contributed by atoms with Gasteiger partial charge in [-0.05, 0) is 36.8 Å². The SMILES string of the molecule is CC(=O)N[C@H](CCC(=O)OCc1ccccc1)C(=O)N[C@@H](CCC(=O)OCc1ccccc1)C(=O)NCCOCCn1cc(CCC(=O)NC(CCCN=C(N)N)C(=O)O)nn1. The zero-order valence-electron chi connectivity index (χ0n) is 34.7. The molecule has 336 valence electrons. The van der Waals surface area contributed by atoms with Crippen LogP contribution in [0.5, 0.6) is 0 Å². The summed E-state index contributed by atoms with van der Waals surface area (Å²) >= 11 is 0. The summed E-state index contributed by atoms with van der Waals surface area (Å²) in [7, 11) is 0. The second-order valence-electron chi connectivity index (χ2n) is 14.0. The number of rotatable bonds is 29. The Balaban J connectivity index is 1.47. The highest BCUT2D eigenvalue weighted by atomic mass is 16.5. The molecule has 0 aliphatic carbocycles. The molecule has 62 heavy (non-hydrogen) atoms. The summed E-state index contributed by atoms with van der Waals surface area (Å²) in [5, 5.41) is 27.8. The van der Waals surface area contributed by atoms with E-state index in [1.165, 1.54) is 11.6 Å². The van der Waals surface area contributed by atoms with Crippen LogP contribution in [-0.4, -0.2) is 112 Å². The normalized spacial score (nSPS) is 12.1. The van der Waals surface area contributed by atoms with Crippen LogP contribution in [-0.2, 0) is 74.0 Å². The summed E-state index contributed by atoms with van der Waals surface area (Å²) in [5.74, 6) is -4.80. The summed E-state index contributed by atoms with van der Waals surface area (Å²) < 4.78 is 17.8. The van der Waals surface area contributed by atoms with E-state index in [0.717, 1.165) is 11.1 Å². The minimum absolute atomic E-state index is 0.0133. The van der Waals surface area contributed by atoms with E-state index >= 15 is 0 Å². The predicted octanol–water partition coefficient (Wildman–Crippen LogP) is 0.00320. The number of aryl methyl sites for hydroxylation is 1. The van der Waals surface area contributed by atoms with Gasteiger partial charge < -0.3 is 52.1 Å². The Hall–Kier alpha value is -6.90. The number of aliphatic imine (C=N–C) groups is 1. The van der Waals surface area contributed by atoms with Crippen LogP contribution < -0.4 is 32.7 Å². The minimum atomic E-state index is -1.21. The molecule has 0 aliphatic rings. The number of nitrogens with zero attached hydrogens (tertiary/aromatic N) is 4. The van der Waals surface area contributed by atoms with Gasteiger partial charge in [-0.25, -0.2) is 9.48 Å². The Kier molecular flexibility index (Phi) is 22.2. The van der Waals surface area contributed by atoms with Crippen LogP contribution in [0.1, 0.15) is 68.7 Å². The molecule has 1 aromatic heterocycles. The number of nitrogens with one attached hydrogen (secondary N) is 4. The van der Waals surface area contributed by atoms with Crippen LogP contribution >= 0.6 is 0 Å². The molecule has 3 aromatic rings. The fourth-order valence-corrected chi connectivity index (χ4v) is 5.66. The number of ether oxygens (including phenoxy) is 3. The standard InChI is InChI=1S/C41H56N10O11/c1-28(52)46-33(16-19-37(55)62-27-30-11-6-3-7-12-30)39(57)48-32(15-18-36(54)61-26-29-9-4-2-5-10-29)38(56)44-21-23-60-24-22-51-25-31(49-50-51)14-17-35(53)47-34(40(58)59)13-8-20-45-41(42)43/h2-7,9-12,25,32-34H,8,13-24,26-27H2,1H3,(H,44,56)(H,46,52)(H,47,53)(H,48,57)(H,58,59)(H4,42,43,45)/t32-,33+,34?/m0/s1. The molecule has 2 aromatic carbocycles. The number of carboxylic acids is 1. The van der Waals surface area contributed by atoms with Crippen molar-refractivity contribution in [2.24, 2.45) is 16.5 Å². The van der Waals surface area contributed by atoms with E-state index in [1.807, 2.05) is 12.1 Å². The number of nitrogens with two attached hydrogens (primary N) is 2. The molecule has 21 nitrogen and oxygen atoms in total. The number of aromatic nitrogens is 3. The van der Waals surface area contributed by atoms with Crippen LogP contribution in [0, 0.1) is 0 Å². The molecule has 21 heteroatoms. The average Bonchev–Trinajstić information content (AvgIpc) is 3.71. The first-order valence-electron chi connectivity index (χ1n) is 20.1. The molecule has 0 fully saturated rings. The van der Waals surface area contributed by atoms with Gasteiger partial charge >= 0.3 is 17.9 Å². The van der Waals surface area contributed by atoms with E-state index in [2.05, 4.69) is 36.6 Å². The van der Waals surface area contributed by atoms with Gasteiger partial charge in [-0.15, -0.1) is 5.10 Å². The van der Waals surface area contributed by atoms with Crippen molar-refractivity contribution >= 4 is 47.5 Å². The van der Waals surface area contributed by atoms with Gasteiger partial charge in [0.15, 0.2) is 5.96 Å². The summed E-state index contributed by atoms with van der Waals surface area (Å²) in [6, 6.07) is 14.6. The van der Waals surface area contributed by atoms with E-state index < -0.39 is 59.7 Å². The lowest BCUT2D eigenvalue weighted by Gasteiger charge is -2.23. The molecular weight excluding hydrogens is 809 g/mol. The highest BCUT2D eigenvalue weighted by molar-refractivity contribution is 5.92. The van der Waals surface area contributed by atoms with Crippen LogP contribution in [0.2, 0.25) is 0 Å². The molecule has 3 atom stereocenters. The van der Waals surface area contributed by atoms with Crippen LogP contribution in [0.4, 0.5) is 0 Å². The van der Waals surface area contributed by atoms with Gasteiger partial charge in [0, 0.05) is 51.9 Å². The Morgan fingerprint density at radius 1 is 0.758 bits per heavy atom. The monoisotopic (exact) mass is 864 g/mol. The molecule has 9 N–H and O–H groups in total. The first-order chi connectivity index (χ1) is 29.8. The molecule has 3 rings (SSSR count). The second kappa shape index (κ2) is 27.8. The number of aliphatic carboxylic acids is 1. The lowest BCUT2D eigenvalue weighted by molar-refractivity contribution is -0.146. The summed E-state index contributed by atoms with van der Waals surface area (Å²) in [6.07, 6.45) is 1.69. The number of carboxylic acid groups (broad SMARTS) is 1. The van der Waals surface area contributed by atoms with Gasteiger partial charge in [-0.2, -0.15) is 0 Å². The molecule has 0 spiro atoms. The largest absolute Gasteiger partial charge is 0.480 e. The van der Waals surface area contributed by atoms with Crippen LogP contribution in [0.25, 0.3) is 0 Å². The zero-order chi connectivity index (χ0) is 45.1. The van der Waals surface area contributed by atoms with Gasteiger partial charge in [0.25, 0.3) is 0 Å². The van der Waals surface area contributed by atoms with Gasteiger partial charge in [0.05, 0.1) is 25.5 Å². The average molecular weight is 865 g/mol. The lowest BCUT2D eigenvalue weighted by atomic mass is 10.1. The summed E-state index contributed by atoms with van der Waals surface area (Å²) in [4.78, 5) is 91.6. The maximum Gasteiger partial charge on any atom is 0.326 e. The third kappa shape index (κ3) is 20.9. The Bertz CT molecular complexity index is 1920. The molecular formula is C41H56N10O11. The van der Waals surface area contributed by atoms with E-state index in [-0.39, 0.29) is 97.0 Å². The highest BCUT2D eigenvalue weighted by Gasteiger charge is 2.28. The highest BCUT2D eigenvalue weighted by Crippen LogP contribution is 2.09. The number of carbonyl (C=O) groups is 7. The van der Waals surface area contributed by atoms with Gasteiger partial charge in [0.1, 0.15) is 31.3 Å². The van der Waals surface area contributed by atoms with E-state index in [9.17, 15) is 38.7 Å². The van der Waals surface area contributed by atoms with E-state index in [0.29, 0.717) is 12.1 Å². The molecule has 0 saturated heterocycles. The second-order valence-corrected chi connectivity index (χ2v) is 14.0. The zero-order valence-corrected chi connectivity index (χ0v) is 34.7. The predicted molar refractivity (Wildman–Crippen MR) is 222 cm³/mol. The van der Waals surface area contributed by atoms with Crippen molar-refractivity contribution in [1.82, 2.24) is 36.3 Å². The number of hydrogen-bond acceptors (Lipinski definition) is 13. The van der Waals surface area contributed by atoms with Crippen molar-refractivity contribution in [1.29, 1.82) is 0 Å².